The van der Waals surface area contributed by atoms with Gasteiger partial charge in [-0.2, -0.15) is 0 Å². The highest BCUT2D eigenvalue weighted by atomic mass is 16.3. The fraction of sp³-hybridized carbons (Fsp3) is 0.613. The fourth-order valence-electron chi connectivity index (χ4n) is 5.19. The molecule has 0 fully saturated rings. The van der Waals surface area contributed by atoms with E-state index in [9.17, 15) is 5.11 Å². The van der Waals surface area contributed by atoms with Crippen LogP contribution < -0.4 is 0 Å². The van der Waals surface area contributed by atoms with Gasteiger partial charge >= 0.3 is 0 Å². The van der Waals surface area contributed by atoms with Crippen LogP contribution in [0.5, 0.6) is 5.75 Å². The summed E-state index contributed by atoms with van der Waals surface area (Å²) in [5.74, 6) is 1.02. The van der Waals surface area contributed by atoms with Crippen LogP contribution in [0.25, 0.3) is 0 Å². The molecule has 2 aromatic rings. The van der Waals surface area contributed by atoms with E-state index < -0.39 is 0 Å². The zero-order chi connectivity index (χ0) is 23.2. The van der Waals surface area contributed by atoms with E-state index in [2.05, 4.69) is 58.0 Å². The molecule has 1 nitrogen and oxygen atoms in total. The lowest BCUT2D eigenvalue weighted by Crippen LogP contribution is -2.22. The molecule has 1 atom stereocenters. The molecule has 0 aliphatic rings. The van der Waals surface area contributed by atoms with Gasteiger partial charge in [-0.3, -0.25) is 0 Å². The molecular weight excluding hydrogens is 388 g/mol. The third-order valence-corrected chi connectivity index (χ3v) is 7.21. The molecule has 0 bridgehead atoms. The first-order valence-electron chi connectivity index (χ1n) is 13.4. The summed E-state index contributed by atoms with van der Waals surface area (Å²) in [5, 5.41) is 10.6. The average molecular weight is 437 g/mol. The monoisotopic (exact) mass is 436 g/mol. The van der Waals surface area contributed by atoms with Gasteiger partial charge in [0, 0.05) is 11.0 Å². The van der Waals surface area contributed by atoms with Crippen molar-refractivity contribution in [1.29, 1.82) is 0 Å². The summed E-state index contributed by atoms with van der Waals surface area (Å²) in [7, 11) is 0. The lowest BCUT2D eigenvalue weighted by atomic mass is 9.72. The van der Waals surface area contributed by atoms with Crippen molar-refractivity contribution < 1.29 is 5.11 Å². The van der Waals surface area contributed by atoms with E-state index in [0.717, 1.165) is 5.56 Å². The number of hydrogen-bond acceptors (Lipinski definition) is 1. The van der Waals surface area contributed by atoms with Crippen LogP contribution in [0.2, 0.25) is 0 Å². The summed E-state index contributed by atoms with van der Waals surface area (Å²) in [4.78, 5) is 0. The molecule has 1 heteroatoms. The van der Waals surface area contributed by atoms with Crippen LogP contribution in [0, 0.1) is 0 Å². The van der Waals surface area contributed by atoms with Crippen molar-refractivity contribution in [3.63, 3.8) is 0 Å². The van der Waals surface area contributed by atoms with Crippen molar-refractivity contribution in [2.75, 3.05) is 0 Å². The largest absolute Gasteiger partial charge is 0.508 e. The number of rotatable bonds is 16. The van der Waals surface area contributed by atoms with Crippen LogP contribution in [-0.4, -0.2) is 5.11 Å². The van der Waals surface area contributed by atoms with Crippen LogP contribution in [0.3, 0.4) is 0 Å². The Morgan fingerprint density at radius 2 is 1.09 bits per heavy atom. The summed E-state index contributed by atoms with van der Waals surface area (Å²) in [6.45, 7) is 9.11. The highest BCUT2D eigenvalue weighted by Gasteiger charge is 2.30. The number of para-hydroxylation sites is 1. The Morgan fingerprint density at radius 1 is 0.625 bits per heavy atom. The van der Waals surface area contributed by atoms with E-state index in [4.69, 9.17) is 0 Å². The standard InChI is InChI=1S/C31H48O/c1-5-7-9-11-12-13-15-21-26(20-14-10-8-6-2)27-22-16-17-23-28(27)31(3,4)29-24-18-19-25-30(29)32/h16-19,22-26,32H,5-15,20-21H2,1-4H3. The fourth-order valence-corrected chi connectivity index (χ4v) is 5.19. The van der Waals surface area contributed by atoms with Crippen LogP contribution in [0.4, 0.5) is 0 Å². The first kappa shape index (κ1) is 26.5. The molecule has 2 rings (SSSR count). The molecule has 32 heavy (non-hydrogen) atoms. The topological polar surface area (TPSA) is 20.2 Å². The van der Waals surface area contributed by atoms with Crippen molar-refractivity contribution in [3.05, 3.63) is 65.2 Å². The second kappa shape index (κ2) is 14.4. The molecule has 0 spiro atoms. The molecule has 0 radical (unpaired) electrons. The minimum Gasteiger partial charge on any atom is -0.508 e. The second-order valence-electron chi connectivity index (χ2n) is 10.2. The smallest absolute Gasteiger partial charge is 0.119 e. The van der Waals surface area contributed by atoms with Gasteiger partial charge in [0.1, 0.15) is 5.75 Å². The summed E-state index contributed by atoms with van der Waals surface area (Å²) >= 11 is 0. The van der Waals surface area contributed by atoms with Crippen molar-refractivity contribution in [2.24, 2.45) is 0 Å². The Hall–Kier alpha value is -1.76. The van der Waals surface area contributed by atoms with Gasteiger partial charge in [-0.25, -0.2) is 0 Å². The lowest BCUT2D eigenvalue weighted by Gasteiger charge is -2.32. The molecule has 0 aliphatic carbocycles. The predicted octanol–water partition coefficient (Wildman–Crippen LogP) is 9.91. The van der Waals surface area contributed by atoms with Gasteiger partial charge in [0.2, 0.25) is 0 Å². The van der Waals surface area contributed by atoms with Crippen LogP contribution in [0.1, 0.15) is 134 Å². The Bertz CT molecular complexity index is 761. The van der Waals surface area contributed by atoms with Crippen molar-refractivity contribution in [3.8, 4) is 5.75 Å². The Labute approximate surface area is 198 Å². The quantitative estimate of drug-likeness (QED) is 0.259. The first-order valence-corrected chi connectivity index (χ1v) is 13.4. The van der Waals surface area contributed by atoms with E-state index in [1.54, 1.807) is 0 Å². The summed E-state index contributed by atoms with van der Waals surface area (Å²) < 4.78 is 0. The van der Waals surface area contributed by atoms with Crippen LogP contribution in [-0.2, 0) is 5.41 Å². The van der Waals surface area contributed by atoms with Crippen molar-refractivity contribution >= 4 is 0 Å². The number of aromatic hydroxyl groups is 1. The minimum absolute atomic E-state index is 0.218. The van der Waals surface area contributed by atoms with Gasteiger partial charge in [0.05, 0.1) is 0 Å². The number of benzene rings is 2. The van der Waals surface area contributed by atoms with E-state index >= 15 is 0 Å². The number of phenols is 1. The van der Waals surface area contributed by atoms with Crippen molar-refractivity contribution in [1.82, 2.24) is 0 Å². The third-order valence-electron chi connectivity index (χ3n) is 7.21. The lowest BCUT2D eigenvalue weighted by molar-refractivity contribution is 0.449. The summed E-state index contributed by atoms with van der Waals surface area (Å²) in [6, 6.07) is 16.9. The van der Waals surface area contributed by atoms with Gasteiger partial charge in [0.25, 0.3) is 0 Å². The molecule has 0 saturated carbocycles. The molecule has 0 amide bonds. The van der Waals surface area contributed by atoms with Gasteiger partial charge in [0.15, 0.2) is 0 Å². The zero-order valence-corrected chi connectivity index (χ0v) is 21.3. The number of unbranched alkanes of at least 4 members (excludes halogenated alkanes) is 9. The van der Waals surface area contributed by atoms with E-state index in [0.29, 0.717) is 11.7 Å². The molecular formula is C31H48O. The highest BCUT2D eigenvalue weighted by molar-refractivity contribution is 5.48. The van der Waals surface area contributed by atoms with E-state index in [-0.39, 0.29) is 5.41 Å². The molecule has 1 unspecified atom stereocenters. The summed E-state index contributed by atoms with van der Waals surface area (Å²) in [5.41, 5.74) is 3.69. The maximum atomic E-state index is 10.6. The SMILES string of the molecule is CCCCCCCCCC(CCCCCC)c1ccccc1C(C)(C)c1ccccc1O. The average Bonchev–Trinajstić information content (AvgIpc) is 2.80. The van der Waals surface area contributed by atoms with E-state index in [1.165, 1.54) is 94.6 Å². The van der Waals surface area contributed by atoms with Crippen molar-refractivity contribution in [2.45, 2.75) is 122 Å². The molecule has 0 aromatic heterocycles. The maximum Gasteiger partial charge on any atom is 0.119 e. The van der Waals surface area contributed by atoms with Gasteiger partial charge in [-0.15, -0.1) is 0 Å². The molecule has 0 heterocycles. The number of phenolic OH excluding ortho intramolecular Hbond substituents is 1. The maximum absolute atomic E-state index is 10.6. The summed E-state index contributed by atoms with van der Waals surface area (Å²) in [6.07, 6.45) is 17.4. The predicted molar refractivity (Wildman–Crippen MR) is 141 cm³/mol. The molecule has 2 aromatic carbocycles. The minimum atomic E-state index is -0.218. The highest BCUT2D eigenvalue weighted by Crippen LogP contribution is 2.42. The normalized spacial score (nSPS) is 12.8. The molecule has 1 N–H and O–H groups in total. The van der Waals surface area contributed by atoms with Crippen LogP contribution in [0.15, 0.2) is 48.5 Å². The van der Waals surface area contributed by atoms with Gasteiger partial charge in [-0.1, -0.05) is 141 Å². The van der Waals surface area contributed by atoms with Crippen LogP contribution >= 0.6 is 0 Å². The number of hydrogen-bond donors (Lipinski definition) is 1. The van der Waals surface area contributed by atoms with E-state index in [1.807, 2.05) is 18.2 Å². The van der Waals surface area contributed by atoms with Gasteiger partial charge in [-0.05, 0) is 36.0 Å². The molecule has 0 saturated heterocycles. The van der Waals surface area contributed by atoms with Gasteiger partial charge < -0.3 is 5.11 Å². The second-order valence-corrected chi connectivity index (χ2v) is 10.2. The molecule has 178 valence electrons. The zero-order valence-electron chi connectivity index (χ0n) is 21.3. The third kappa shape index (κ3) is 7.98. The molecule has 0 aliphatic heterocycles. The first-order chi connectivity index (χ1) is 15.5. The Balaban J connectivity index is 2.18. The Morgan fingerprint density at radius 3 is 1.69 bits per heavy atom. The Kier molecular flexibility index (Phi) is 11.9.